The van der Waals surface area contributed by atoms with Crippen molar-refractivity contribution in [3.05, 3.63) is 71.3 Å². The van der Waals surface area contributed by atoms with Gasteiger partial charge in [0, 0.05) is 30.5 Å². The molecule has 1 aliphatic heterocycles. The minimum Gasteiger partial charge on any atom is -0.494 e. The van der Waals surface area contributed by atoms with Crippen molar-refractivity contribution in [2.24, 2.45) is 5.41 Å². The Balaban J connectivity index is 1.33. The first kappa shape index (κ1) is 21.0. The smallest absolute Gasteiger partial charge is 0.201 e. The van der Waals surface area contributed by atoms with Crippen molar-refractivity contribution in [1.29, 1.82) is 0 Å². The van der Waals surface area contributed by atoms with E-state index >= 15 is 0 Å². The number of methoxy groups -OCH3 is 1. The summed E-state index contributed by atoms with van der Waals surface area (Å²) in [5.41, 5.74) is 4.80. The Bertz CT molecular complexity index is 1380. The van der Waals surface area contributed by atoms with Crippen molar-refractivity contribution < 1.29 is 13.5 Å². The van der Waals surface area contributed by atoms with Gasteiger partial charge in [-0.3, -0.25) is 4.98 Å². The maximum atomic E-state index is 14.9. The normalized spacial score (nSPS) is 16.9. The van der Waals surface area contributed by atoms with E-state index in [-0.39, 0.29) is 16.7 Å². The number of benzene rings is 1. The molecule has 0 atom stereocenters. The van der Waals surface area contributed by atoms with Gasteiger partial charge in [-0.15, -0.1) is 0 Å². The van der Waals surface area contributed by atoms with Gasteiger partial charge in [0.2, 0.25) is 5.82 Å². The summed E-state index contributed by atoms with van der Waals surface area (Å²) in [6.07, 6.45) is 7.79. The third kappa shape index (κ3) is 3.15. The number of halogens is 2. The lowest BCUT2D eigenvalue weighted by molar-refractivity contribution is 0.231. The summed E-state index contributed by atoms with van der Waals surface area (Å²) in [7, 11) is 1.31. The number of aryl methyl sites for hydroxylation is 1. The molecule has 6 rings (SSSR count). The molecular formula is C26H25F2N5O. The van der Waals surface area contributed by atoms with Gasteiger partial charge in [0.25, 0.3) is 0 Å². The minimum atomic E-state index is -1.02. The molecule has 1 saturated heterocycles. The maximum absolute atomic E-state index is 14.9. The first-order valence-electron chi connectivity index (χ1n) is 11.5. The van der Waals surface area contributed by atoms with Crippen LogP contribution in [0.1, 0.15) is 29.8 Å². The van der Waals surface area contributed by atoms with E-state index in [1.807, 2.05) is 25.3 Å². The molecule has 0 amide bonds. The van der Waals surface area contributed by atoms with E-state index in [0.29, 0.717) is 11.4 Å². The molecule has 6 nitrogen and oxygen atoms in total. The molecule has 34 heavy (non-hydrogen) atoms. The monoisotopic (exact) mass is 461 g/mol. The third-order valence-electron chi connectivity index (χ3n) is 7.44. The highest BCUT2D eigenvalue weighted by atomic mass is 19.2. The molecule has 174 valence electrons. The number of fused-ring (bicyclic) bond motifs is 2. The zero-order valence-electron chi connectivity index (χ0n) is 19.2. The molecular weight excluding hydrogens is 436 g/mol. The van der Waals surface area contributed by atoms with Gasteiger partial charge in [-0.25, -0.2) is 13.9 Å². The fourth-order valence-electron chi connectivity index (χ4n) is 5.65. The van der Waals surface area contributed by atoms with Gasteiger partial charge >= 0.3 is 0 Å². The second kappa shape index (κ2) is 7.75. The molecule has 0 unspecified atom stereocenters. The Morgan fingerprint density at radius 3 is 2.59 bits per heavy atom. The highest BCUT2D eigenvalue weighted by Gasteiger charge is 2.41. The highest BCUT2D eigenvalue weighted by molar-refractivity contribution is 5.76. The summed E-state index contributed by atoms with van der Waals surface area (Å²) in [4.78, 5) is 11.8. The van der Waals surface area contributed by atoms with E-state index in [0.717, 1.165) is 50.1 Å². The first-order valence-corrected chi connectivity index (χ1v) is 11.5. The molecule has 1 fully saturated rings. The zero-order chi connectivity index (χ0) is 23.4. The molecule has 0 N–H and O–H groups in total. The average Bonchev–Trinajstić information content (AvgIpc) is 3.46. The molecule has 3 aromatic heterocycles. The second-order valence-electron chi connectivity index (χ2n) is 9.39. The maximum Gasteiger partial charge on any atom is 0.201 e. The molecule has 2 aliphatic rings. The largest absolute Gasteiger partial charge is 0.494 e. The van der Waals surface area contributed by atoms with Gasteiger partial charge in [0.1, 0.15) is 5.52 Å². The second-order valence-corrected chi connectivity index (χ2v) is 9.39. The molecule has 4 heterocycles. The standard InChI is InChI=1S/C26H25F2N5O/c1-16-24(18-5-6-21(34-2)23(28)22(18)27)33-20(7-11-30-33)25(31-16)32-12-8-26(9-13-32)14-17-4-3-10-29-19(17)15-26/h3-7,10-11H,8-9,12-15H2,1-2H3. The van der Waals surface area contributed by atoms with E-state index in [4.69, 9.17) is 9.72 Å². The molecule has 8 heteroatoms. The first-order chi connectivity index (χ1) is 16.5. The van der Waals surface area contributed by atoms with Crippen LogP contribution in [0.4, 0.5) is 14.6 Å². The molecule has 1 spiro atoms. The number of aromatic nitrogens is 4. The van der Waals surface area contributed by atoms with Crippen LogP contribution in [0.2, 0.25) is 0 Å². The third-order valence-corrected chi connectivity index (χ3v) is 7.44. The number of anilines is 1. The molecule has 0 saturated carbocycles. The predicted molar refractivity (Wildman–Crippen MR) is 125 cm³/mol. The number of hydrogen-bond acceptors (Lipinski definition) is 5. The van der Waals surface area contributed by atoms with Gasteiger partial charge in [-0.1, -0.05) is 6.07 Å². The number of pyridine rings is 1. The van der Waals surface area contributed by atoms with Crippen molar-refractivity contribution in [2.75, 3.05) is 25.1 Å². The van der Waals surface area contributed by atoms with Crippen molar-refractivity contribution in [2.45, 2.75) is 32.6 Å². The highest BCUT2D eigenvalue weighted by Crippen LogP contribution is 2.45. The van der Waals surface area contributed by atoms with E-state index < -0.39 is 11.6 Å². The van der Waals surface area contributed by atoms with Gasteiger partial charge < -0.3 is 9.64 Å². The number of piperidine rings is 1. The van der Waals surface area contributed by atoms with Crippen LogP contribution in [0.5, 0.6) is 5.75 Å². The molecule has 4 aromatic rings. The van der Waals surface area contributed by atoms with Crippen molar-refractivity contribution in [1.82, 2.24) is 19.6 Å². The summed E-state index contributed by atoms with van der Waals surface area (Å²) >= 11 is 0. The van der Waals surface area contributed by atoms with Gasteiger partial charge in [-0.05, 0) is 67.9 Å². The Morgan fingerprint density at radius 1 is 1.00 bits per heavy atom. The van der Waals surface area contributed by atoms with E-state index in [1.165, 1.54) is 30.5 Å². The summed E-state index contributed by atoms with van der Waals surface area (Å²) < 4.78 is 36.0. The fourth-order valence-corrected chi connectivity index (χ4v) is 5.65. The van der Waals surface area contributed by atoms with Gasteiger partial charge in [-0.2, -0.15) is 9.49 Å². The van der Waals surface area contributed by atoms with Gasteiger partial charge in [0.05, 0.1) is 24.7 Å². The van der Waals surface area contributed by atoms with E-state index in [9.17, 15) is 8.78 Å². The number of ether oxygens (including phenoxy) is 1. The molecule has 1 aromatic carbocycles. The average molecular weight is 462 g/mol. The molecule has 0 bridgehead atoms. The Hall–Kier alpha value is -3.55. The van der Waals surface area contributed by atoms with Crippen LogP contribution in [0.25, 0.3) is 16.8 Å². The minimum absolute atomic E-state index is 0.109. The predicted octanol–water partition coefficient (Wildman–Crippen LogP) is 4.77. The van der Waals surface area contributed by atoms with E-state index in [2.05, 4.69) is 21.0 Å². The number of nitrogens with zero attached hydrogens (tertiary/aromatic N) is 5. The van der Waals surface area contributed by atoms with Crippen LogP contribution in [0.3, 0.4) is 0 Å². The lowest BCUT2D eigenvalue weighted by atomic mass is 9.76. The zero-order valence-corrected chi connectivity index (χ0v) is 19.2. The Morgan fingerprint density at radius 2 is 1.82 bits per heavy atom. The SMILES string of the molecule is COc1ccc(-c2c(C)nc(N3CCC4(CC3)Cc3cccnc3C4)c3ccnn23)c(F)c1F. The quantitative estimate of drug-likeness (QED) is 0.440. The van der Waals surface area contributed by atoms with Crippen LogP contribution in [-0.4, -0.2) is 39.8 Å². The van der Waals surface area contributed by atoms with Crippen LogP contribution < -0.4 is 9.64 Å². The van der Waals surface area contributed by atoms with Crippen molar-refractivity contribution in [3.8, 4) is 17.0 Å². The summed E-state index contributed by atoms with van der Waals surface area (Å²) in [5, 5.41) is 4.44. The molecule has 0 radical (unpaired) electrons. The van der Waals surface area contributed by atoms with E-state index in [1.54, 1.807) is 10.7 Å². The summed E-state index contributed by atoms with van der Waals surface area (Å²) in [6, 6.07) is 9.04. The lowest BCUT2D eigenvalue weighted by Gasteiger charge is -2.40. The topological polar surface area (TPSA) is 55.5 Å². The van der Waals surface area contributed by atoms with Crippen LogP contribution >= 0.6 is 0 Å². The van der Waals surface area contributed by atoms with Gasteiger partial charge in [0.15, 0.2) is 17.4 Å². The van der Waals surface area contributed by atoms with Crippen LogP contribution in [0, 0.1) is 24.0 Å². The van der Waals surface area contributed by atoms with Crippen molar-refractivity contribution >= 4 is 11.3 Å². The van der Waals surface area contributed by atoms with Crippen LogP contribution in [-0.2, 0) is 12.8 Å². The van der Waals surface area contributed by atoms with Crippen molar-refractivity contribution in [3.63, 3.8) is 0 Å². The summed E-state index contributed by atoms with van der Waals surface area (Å²) in [5.74, 6) is -1.29. The fraction of sp³-hybridized carbons (Fsp3) is 0.346. The Kier molecular flexibility index (Phi) is 4.79. The molecule has 1 aliphatic carbocycles. The summed E-state index contributed by atoms with van der Waals surface area (Å²) in [6.45, 7) is 3.57. The lowest BCUT2D eigenvalue weighted by Crippen LogP contribution is -2.41. The number of hydrogen-bond donors (Lipinski definition) is 0. The van der Waals surface area contributed by atoms with Crippen LogP contribution in [0.15, 0.2) is 42.7 Å². The Labute approximate surface area is 196 Å². The number of rotatable bonds is 3.